The molecular weight excluding hydrogens is 380 g/mol. The Morgan fingerprint density at radius 3 is 2.63 bits per heavy atom. The largest absolute Gasteiger partial charge is 0.339 e. The maximum atomic E-state index is 13.0. The number of carbonyl (C=O) groups is 1. The van der Waals surface area contributed by atoms with Gasteiger partial charge in [0.2, 0.25) is 5.89 Å². The van der Waals surface area contributed by atoms with Crippen molar-refractivity contribution in [3.8, 4) is 5.69 Å². The van der Waals surface area contributed by atoms with E-state index in [1.54, 1.807) is 17.1 Å². The first-order valence-corrected chi connectivity index (χ1v) is 10.3. The van der Waals surface area contributed by atoms with Crippen molar-refractivity contribution >= 4 is 5.91 Å². The lowest BCUT2D eigenvalue weighted by molar-refractivity contribution is 0.0761. The summed E-state index contributed by atoms with van der Waals surface area (Å²) < 4.78 is 7.13. The third-order valence-corrected chi connectivity index (χ3v) is 5.20. The van der Waals surface area contributed by atoms with Crippen molar-refractivity contribution in [1.82, 2.24) is 29.7 Å². The van der Waals surface area contributed by atoms with Crippen LogP contribution in [0.3, 0.4) is 0 Å². The second kappa shape index (κ2) is 8.39. The standard InChI is InChI=1S/C22H28N6O2/c1-22(2,3)21-24-19(25-30-21)16-26-10-7-11-27(13-12-26)20(29)17-14-23-28(15-17)18-8-5-4-6-9-18/h4-6,8-9,14-15H,7,10-13,16H2,1-3H3. The zero-order valence-corrected chi connectivity index (χ0v) is 17.8. The number of para-hydroxylation sites is 1. The molecule has 1 amide bonds. The van der Waals surface area contributed by atoms with Crippen molar-refractivity contribution in [3.05, 3.63) is 60.0 Å². The summed E-state index contributed by atoms with van der Waals surface area (Å²) in [5.41, 5.74) is 1.39. The molecule has 1 aromatic carbocycles. The minimum atomic E-state index is -0.155. The van der Waals surface area contributed by atoms with Gasteiger partial charge in [-0.15, -0.1) is 0 Å². The van der Waals surface area contributed by atoms with E-state index in [4.69, 9.17) is 4.52 Å². The molecule has 8 nitrogen and oxygen atoms in total. The van der Waals surface area contributed by atoms with Crippen LogP contribution in [0, 0.1) is 0 Å². The van der Waals surface area contributed by atoms with E-state index in [2.05, 4.69) is 40.9 Å². The van der Waals surface area contributed by atoms with Gasteiger partial charge in [-0.1, -0.05) is 44.1 Å². The van der Waals surface area contributed by atoms with Gasteiger partial charge in [0.05, 0.1) is 24.0 Å². The summed E-state index contributed by atoms with van der Waals surface area (Å²) in [5, 5.41) is 8.47. The van der Waals surface area contributed by atoms with Crippen LogP contribution in [0.25, 0.3) is 5.69 Å². The van der Waals surface area contributed by atoms with Crippen LogP contribution in [-0.4, -0.2) is 61.8 Å². The molecule has 0 saturated carbocycles. The van der Waals surface area contributed by atoms with Crippen molar-refractivity contribution in [2.24, 2.45) is 0 Å². The SMILES string of the molecule is CC(C)(C)c1nc(CN2CCCN(C(=O)c3cnn(-c4ccccc4)c3)CC2)no1. The molecule has 0 atom stereocenters. The summed E-state index contributed by atoms with van der Waals surface area (Å²) in [6.45, 7) is 9.86. The molecule has 0 bridgehead atoms. The van der Waals surface area contributed by atoms with E-state index in [-0.39, 0.29) is 11.3 Å². The highest BCUT2D eigenvalue weighted by molar-refractivity contribution is 5.93. The molecule has 0 aliphatic carbocycles. The normalized spacial score (nSPS) is 15.9. The van der Waals surface area contributed by atoms with E-state index in [0.29, 0.717) is 30.4 Å². The minimum absolute atomic E-state index is 0.0219. The Balaban J connectivity index is 1.37. The molecule has 1 fully saturated rings. The predicted molar refractivity (Wildman–Crippen MR) is 112 cm³/mol. The summed E-state index contributed by atoms with van der Waals surface area (Å²) >= 11 is 0. The quantitative estimate of drug-likeness (QED) is 0.660. The maximum absolute atomic E-state index is 13.0. The summed E-state index contributed by atoms with van der Waals surface area (Å²) in [5.74, 6) is 1.37. The minimum Gasteiger partial charge on any atom is -0.339 e. The van der Waals surface area contributed by atoms with E-state index in [9.17, 15) is 4.79 Å². The smallest absolute Gasteiger partial charge is 0.257 e. The zero-order chi connectivity index (χ0) is 21.1. The van der Waals surface area contributed by atoms with E-state index in [1.165, 1.54) is 0 Å². The molecular formula is C22H28N6O2. The van der Waals surface area contributed by atoms with Gasteiger partial charge in [0, 0.05) is 37.8 Å². The first-order valence-electron chi connectivity index (χ1n) is 10.3. The van der Waals surface area contributed by atoms with Gasteiger partial charge >= 0.3 is 0 Å². The lowest BCUT2D eigenvalue weighted by Gasteiger charge is -2.20. The van der Waals surface area contributed by atoms with Gasteiger partial charge in [-0.25, -0.2) is 4.68 Å². The molecule has 1 saturated heterocycles. The number of nitrogens with zero attached hydrogens (tertiary/aromatic N) is 6. The lowest BCUT2D eigenvalue weighted by Crippen LogP contribution is -2.35. The number of rotatable bonds is 4. The first-order chi connectivity index (χ1) is 14.4. The Bertz CT molecular complexity index is 988. The number of benzene rings is 1. The van der Waals surface area contributed by atoms with Crippen molar-refractivity contribution in [2.45, 2.75) is 39.2 Å². The van der Waals surface area contributed by atoms with Gasteiger partial charge in [0.15, 0.2) is 5.82 Å². The van der Waals surface area contributed by atoms with Gasteiger partial charge in [-0.2, -0.15) is 10.1 Å². The first kappa shape index (κ1) is 20.3. The predicted octanol–water partition coefficient (Wildman–Crippen LogP) is 2.90. The van der Waals surface area contributed by atoms with Crippen molar-refractivity contribution in [3.63, 3.8) is 0 Å². The Kier molecular flexibility index (Phi) is 5.67. The average molecular weight is 409 g/mol. The fourth-order valence-corrected chi connectivity index (χ4v) is 3.49. The van der Waals surface area contributed by atoms with Crippen LogP contribution in [0.2, 0.25) is 0 Å². The van der Waals surface area contributed by atoms with Gasteiger partial charge in [0.1, 0.15) is 0 Å². The summed E-state index contributed by atoms with van der Waals surface area (Å²) in [6.07, 6.45) is 4.35. The van der Waals surface area contributed by atoms with E-state index >= 15 is 0 Å². The molecule has 0 spiro atoms. The highest BCUT2D eigenvalue weighted by atomic mass is 16.5. The zero-order valence-electron chi connectivity index (χ0n) is 17.8. The van der Waals surface area contributed by atoms with E-state index in [1.807, 2.05) is 35.2 Å². The topological polar surface area (TPSA) is 80.3 Å². The highest BCUT2D eigenvalue weighted by Gasteiger charge is 2.25. The van der Waals surface area contributed by atoms with E-state index in [0.717, 1.165) is 31.7 Å². The van der Waals surface area contributed by atoms with Crippen LogP contribution in [0.1, 0.15) is 49.3 Å². The third-order valence-electron chi connectivity index (χ3n) is 5.20. The van der Waals surface area contributed by atoms with E-state index < -0.39 is 0 Å². The van der Waals surface area contributed by atoms with Crippen LogP contribution in [0.5, 0.6) is 0 Å². The molecule has 0 N–H and O–H groups in total. The molecule has 158 valence electrons. The number of hydrogen-bond acceptors (Lipinski definition) is 6. The molecule has 3 aromatic rings. The van der Waals surface area contributed by atoms with Crippen LogP contribution in [0.4, 0.5) is 0 Å². The van der Waals surface area contributed by atoms with Crippen molar-refractivity contribution in [2.75, 3.05) is 26.2 Å². The molecule has 0 radical (unpaired) electrons. The van der Waals surface area contributed by atoms with Gasteiger partial charge in [0.25, 0.3) is 5.91 Å². The number of aromatic nitrogens is 4. The summed E-state index contributed by atoms with van der Waals surface area (Å²) in [4.78, 5) is 21.7. The van der Waals surface area contributed by atoms with Crippen LogP contribution >= 0.6 is 0 Å². The number of hydrogen-bond donors (Lipinski definition) is 0. The highest BCUT2D eigenvalue weighted by Crippen LogP contribution is 2.20. The van der Waals surface area contributed by atoms with Crippen LogP contribution < -0.4 is 0 Å². The fourth-order valence-electron chi connectivity index (χ4n) is 3.49. The Labute approximate surface area is 176 Å². The number of amides is 1. The number of carbonyl (C=O) groups excluding carboxylic acids is 1. The molecule has 3 heterocycles. The summed E-state index contributed by atoms with van der Waals surface area (Å²) in [7, 11) is 0. The Hall–Kier alpha value is -3.00. The fraction of sp³-hybridized carbons (Fsp3) is 0.455. The van der Waals surface area contributed by atoms with Crippen molar-refractivity contribution < 1.29 is 9.32 Å². The molecule has 0 unspecified atom stereocenters. The second-order valence-corrected chi connectivity index (χ2v) is 8.70. The third kappa shape index (κ3) is 4.59. The van der Waals surface area contributed by atoms with Crippen molar-refractivity contribution in [1.29, 1.82) is 0 Å². The van der Waals surface area contributed by atoms with Crippen LogP contribution in [-0.2, 0) is 12.0 Å². The Morgan fingerprint density at radius 2 is 1.90 bits per heavy atom. The molecule has 4 rings (SSSR count). The second-order valence-electron chi connectivity index (χ2n) is 8.70. The lowest BCUT2D eigenvalue weighted by atomic mass is 9.97. The maximum Gasteiger partial charge on any atom is 0.257 e. The average Bonchev–Trinajstić information content (AvgIpc) is 3.35. The van der Waals surface area contributed by atoms with Gasteiger partial charge in [-0.3, -0.25) is 9.69 Å². The van der Waals surface area contributed by atoms with Gasteiger partial charge < -0.3 is 9.42 Å². The van der Waals surface area contributed by atoms with Gasteiger partial charge in [-0.05, 0) is 18.6 Å². The summed E-state index contributed by atoms with van der Waals surface area (Å²) in [6, 6.07) is 9.80. The molecule has 2 aromatic heterocycles. The molecule has 8 heteroatoms. The monoisotopic (exact) mass is 408 g/mol. The molecule has 1 aliphatic heterocycles. The molecule has 1 aliphatic rings. The molecule has 30 heavy (non-hydrogen) atoms. The van der Waals surface area contributed by atoms with Crippen LogP contribution in [0.15, 0.2) is 47.2 Å². The Morgan fingerprint density at radius 1 is 1.10 bits per heavy atom.